The van der Waals surface area contributed by atoms with Gasteiger partial charge in [-0.25, -0.2) is 9.97 Å². The Labute approximate surface area is 123 Å². The Morgan fingerprint density at radius 3 is 2.75 bits per heavy atom. The average molecular weight is 283 g/mol. The third-order valence-corrected chi connectivity index (χ3v) is 4.55. The molecule has 0 unspecified atom stereocenters. The number of hydrogen-bond donors (Lipinski definition) is 0. The van der Waals surface area contributed by atoms with Gasteiger partial charge in [-0.05, 0) is 30.5 Å². The van der Waals surface area contributed by atoms with Gasteiger partial charge in [0.1, 0.15) is 6.33 Å². The minimum atomic E-state index is -0.129. The summed E-state index contributed by atoms with van der Waals surface area (Å²) in [6.45, 7) is 4.46. The van der Waals surface area contributed by atoms with Gasteiger partial charge in [0.15, 0.2) is 0 Å². The van der Waals surface area contributed by atoms with Crippen molar-refractivity contribution in [1.82, 2.24) is 9.97 Å². The molecule has 0 saturated heterocycles. The molecule has 0 bridgehead atoms. The van der Waals surface area contributed by atoms with Crippen LogP contribution in [0.25, 0.3) is 11.1 Å². The molecule has 0 aliphatic carbocycles. The molecule has 0 N–H and O–H groups in total. The highest BCUT2D eigenvalue weighted by Crippen LogP contribution is 2.38. The van der Waals surface area contributed by atoms with Gasteiger partial charge in [0.05, 0.1) is 11.1 Å². The molecule has 1 aliphatic heterocycles. The van der Waals surface area contributed by atoms with Gasteiger partial charge >= 0.3 is 0 Å². The molecule has 102 valence electrons. The van der Waals surface area contributed by atoms with E-state index in [0.29, 0.717) is 5.25 Å². The molecule has 1 aromatic carbocycles. The zero-order valence-corrected chi connectivity index (χ0v) is 12.5. The zero-order chi connectivity index (χ0) is 14.0. The number of aromatic nitrogens is 2. The van der Waals surface area contributed by atoms with Crippen LogP contribution in [-0.2, 0) is 5.54 Å². The molecule has 4 heteroatoms. The molecule has 2 aromatic rings. The average Bonchev–Trinajstić information content (AvgIpc) is 2.48. The van der Waals surface area contributed by atoms with Crippen molar-refractivity contribution in [2.24, 2.45) is 4.99 Å². The first-order valence-electron chi connectivity index (χ1n) is 6.72. The van der Waals surface area contributed by atoms with Crippen LogP contribution in [-0.4, -0.2) is 20.8 Å². The van der Waals surface area contributed by atoms with Gasteiger partial charge in [-0.3, -0.25) is 4.99 Å². The predicted molar refractivity (Wildman–Crippen MR) is 85.0 cm³/mol. The quantitative estimate of drug-likeness (QED) is 0.838. The first-order chi connectivity index (χ1) is 9.67. The highest BCUT2D eigenvalue weighted by Gasteiger charge is 2.30. The molecule has 1 aromatic heterocycles. The Morgan fingerprint density at radius 1 is 1.20 bits per heavy atom. The van der Waals surface area contributed by atoms with Crippen molar-refractivity contribution >= 4 is 17.3 Å². The smallest absolute Gasteiger partial charge is 0.115 e. The predicted octanol–water partition coefficient (Wildman–Crippen LogP) is 3.91. The van der Waals surface area contributed by atoms with Crippen molar-refractivity contribution in [2.45, 2.75) is 31.1 Å². The Bertz CT molecular complexity index is 627. The summed E-state index contributed by atoms with van der Waals surface area (Å²) in [5, 5.41) is 0.598. The number of benzene rings is 1. The molecular weight excluding hydrogens is 266 g/mol. The monoisotopic (exact) mass is 283 g/mol. The van der Waals surface area contributed by atoms with E-state index >= 15 is 0 Å². The van der Waals surface area contributed by atoms with E-state index in [1.54, 1.807) is 18.1 Å². The summed E-state index contributed by atoms with van der Waals surface area (Å²) in [5.74, 6) is 0. The van der Waals surface area contributed by atoms with E-state index in [9.17, 15) is 0 Å². The van der Waals surface area contributed by atoms with Crippen LogP contribution >= 0.6 is 11.8 Å². The van der Waals surface area contributed by atoms with Crippen molar-refractivity contribution in [3.05, 3.63) is 48.5 Å². The Morgan fingerprint density at radius 2 is 2.00 bits per heavy atom. The minimum Gasteiger partial charge on any atom is -0.275 e. The third-order valence-electron chi connectivity index (χ3n) is 3.69. The lowest BCUT2D eigenvalue weighted by atomic mass is 9.86. The molecule has 1 aliphatic rings. The van der Waals surface area contributed by atoms with Gasteiger partial charge in [0, 0.05) is 23.2 Å². The Kier molecular flexibility index (Phi) is 3.57. The van der Waals surface area contributed by atoms with E-state index in [4.69, 9.17) is 4.99 Å². The number of nitrogens with zero attached hydrogens (tertiary/aromatic N) is 3. The fraction of sp³-hybridized carbons (Fsp3) is 0.312. The molecule has 3 nitrogen and oxygen atoms in total. The van der Waals surface area contributed by atoms with Gasteiger partial charge in [0.2, 0.25) is 0 Å². The fourth-order valence-corrected chi connectivity index (χ4v) is 3.51. The highest BCUT2D eigenvalue weighted by atomic mass is 32.2. The largest absolute Gasteiger partial charge is 0.275 e. The minimum absolute atomic E-state index is 0.129. The lowest BCUT2D eigenvalue weighted by Gasteiger charge is -2.32. The molecular formula is C16H17N3S. The van der Waals surface area contributed by atoms with Crippen LogP contribution in [0.4, 0.5) is 0 Å². The Balaban J connectivity index is 2.00. The zero-order valence-electron chi connectivity index (χ0n) is 11.7. The molecule has 20 heavy (non-hydrogen) atoms. The highest BCUT2D eigenvalue weighted by molar-refractivity contribution is 8.12. The summed E-state index contributed by atoms with van der Waals surface area (Å²) in [5.41, 5.74) is 5.30. The summed E-state index contributed by atoms with van der Waals surface area (Å²) in [7, 11) is 0. The van der Waals surface area contributed by atoms with Gasteiger partial charge in [0.25, 0.3) is 0 Å². The summed E-state index contributed by atoms with van der Waals surface area (Å²) in [6.07, 6.45) is 6.30. The number of aliphatic imine (C=N–C) groups is 1. The summed E-state index contributed by atoms with van der Waals surface area (Å²) in [4.78, 5) is 12.9. The van der Waals surface area contributed by atoms with Crippen molar-refractivity contribution in [3.63, 3.8) is 0 Å². The summed E-state index contributed by atoms with van der Waals surface area (Å²) < 4.78 is 0. The van der Waals surface area contributed by atoms with Crippen molar-refractivity contribution in [2.75, 3.05) is 0 Å². The molecule has 0 radical (unpaired) electrons. The van der Waals surface area contributed by atoms with E-state index < -0.39 is 0 Å². The van der Waals surface area contributed by atoms with Crippen LogP contribution in [0, 0.1) is 0 Å². The van der Waals surface area contributed by atoms with E-state index in [-0.39, 0.29) is 5.54 Å². The second kappa shape index (κ2) is 5.37. The first kappa shape index (κ1) is 13.3. The first-order valence-corrected chi connectivity index (χ1v) is 7.67. The normalized spacial score (nSPS) is 25.6. The van der Waals surface area contributed by atoms with Gasteiger partial charge in [-0.1, -0.05) is 25.1 Å². The van der Waals surface area contributed by atoms with Crippen LogP contribution in [0.2, 0.25) is 0 Å². The van der Waals surface area contributed by atoms with E-state index in [1.807, 2.05) is 17.9 Å². The molecule has 0 spiro atoms. The van der Waals surface area contributed by atoms with Crippen molar-refractivity contribution in [3.8, 4) is 11.1 Å². The maximum atomic E-state index is 4.72. The molecule has 0 saturated carbocycles. The maximum Gasteiger partial charge on any atom is 0.115 e. The summed E-state index contributed by atoms with van der Waals surface area (Å²) >= 11 is 1.80. The van der Waals surface area contributed by atoms with Gasteiger partial charge in [-0.2, -0.15) is 0 Å². The maximum absolute atomic E-state index is 4.72. The standard InChI is InChI=1S/C16H17N3S/c1-12-7-16(2,19-11-20-12)15-5-3-4-13(6-15)14-8-17-10-18-9-14/h3-6,8-12H,7H2,1-2H3/t12-,16+/m1/s1. The van der Waals surface area contributed by atoms with Crippen molar-refractivity contribution < 1.29 is 0 Å². The van der Waals surface area contributed by atoms with Crippen LogP contribution in [0.3, 0.4) is 0 Å². The van der Waals surface area contributed by atoms with Crippen molar-refractivity contribution in [1.29, 1.82) is 0 Å². The van der Waals surface area contributed by atoms with Crippen LogP contribution in [0.15, 0.2) is 48.0 Å². The molecule has 0 fully saturated rings. The van der Waals surface area contributed by atoms with E-state index in [1.165, 1.54) is 5.56 Å². The number of hydrogen-bond acceptors (Lipinski definition) is 4. The number of thioether (sulfide) groups is 1. The van der Waals surface area contributed by atoms with Crippen LogP contribution in [0.1, 0.15) is 25.8 Å². The molecule has 0 amide bonds. The molecule has 3 rings (SSSR count). The van der Waals surface area contributed by atoms with Crippen LogP contribution < -0.4 is 0 Å². The third kappa shape index (κ3) is 2.61. The molecule has 2 atom stereocenters. The van der Waals surface area contributed by atoms with E-state index in [0.717, 1.165) is 17.5 Å². The molecule has 2 heterocycles. The second-order valence-corrected chi connectivity index (χ2v) is 6.65. The number of rotatable bonds is 2. The van der Waals surface area contributed by atoms with E-state index in [2.05, 4.69) is 48.1 Å². The second-order valence-electron chi connectivity index (χ2n) is 5.37. The lowest BCUT2D eigenvalue weighted by molar-refractivity contribution is 0.455. The fourth-order valence-electron chi connectivity index (χ4n) is 2.59. The summed E-state index contributed by atoms with van der Waals surface area (Å²) in [6, 6.07) is 8.55. The topological polar surface area (TPSA) is 38.1 Å². The SMILES string of the molecule is C[C@@H]1C[C@@](C)(c2cccc(-c3cncnc3)c2)N=CS1. The lowest BCUT2D eigenvalue weighted by Crippen LogP contribution is -2.26. The van der Waals surface area contributed by atoms with Gasteiger partial charge in [-0.15, -0.1) is 11.8 Å². The Hall–Kier alpha value is -1.68. The van der Waals surface area contributed by atoms with Crippen LogP contribution in [0.5, 0.6) is 0 Å². The van der Waals surface area contributed by atoms with Gasteiger partial charge < -0.3 is 0 Å².